The number of nitrogens with two attached hydrogens (primary N) is 1. The van der Waals surface area contributed by atoms with Gasteiger partial charge in [-0.2, -0.15) is 0 Å². The van der Waals surface area contributed by atoms with Crippen LogP contribution in [0.1, 0.15) is 16.6 Å². The Morgan fingerprint density at radius 2 is 2.10 bits per heavy atom. The largest absolute Gasteiger partial charge is 0.396 e. The maximum atomic E-state index is 12.1. The molecule has 0 atom stereocenters. The molecule has 0 bridgehead atoms. The van der Waals surface area contributed by atoms with Gasteiger partial charge in [-0.3, -0.25) is 4.79 Å². The van der Waals surface area contributed by atoms with Crippen molar-refractivity contribution in [2.24, 2.45) is 0 Å². The number of nitrogens with one attached hydrogen (secondary N) is 1. The molecule has 112 valence electrons. The van der Waals surface area contributed by atoms with Crippen LogP contribution in [0.4, 0.5) is 10.7 Å². The molecule has 0 spiro atoms. The highest BCUT2D eigenvalue weighted by Gasteiger charge is 2.29. The van der Waals surface area contributed by atoms with Gasteiger partial charge in [0.1, 0.15) is 14.8 Å². The molecule has 8 heteroatoms. The molecule has 3 N–H and O–H groups in total. The van der Waals surface area contributed by atoms with Crippen molar-refractivity contribution in [3.8, 4) is 0 Å². The SMILES string of the molecule is C=CCNc1sc(C(=O)N(C)C)c(N)c1S(=O)(=O)CC. The van der Waals surface area contributed by atoms with Crippen LogP contribution in [-0.4, -0.2) is 45.6 Å². The average molecular weight is 317 g/mol. The van der Waals surface area contributed by atoms with Crippen molar-refractivity contribution in [3.05, 3.63) is 17.5 Å². The molecular formula is C12H19N3O3S2. The molecule has 1 aromatic rings. The topological polar surface area (TPSA) is 92.5 Å². The molecule has 0 aliphatic carbocycles. The van der Waals surface area contributed by atoms with Gasteiger partial charge in [0.2, 0.25) is 0 Å². The van der Waals surface area contributed by atoms with Gasteiger partial charge in [0, 0.05) is 20.6 Å². The fraction of sp³-hybridized carbons (Fsp3) is 0.417. The molecule has 0 saturated heterocycles. The Balaban J connectivity index is 3.47. The predicted molar refractivity (Wildman–Crippen MR) is 83.2 cm³/mol. The minimum atomic E-state index is -3.51. The lowest BCUT2D eigenvalue weighted by Crippen LogP contribution is -2.21. The Labute approximate surface area is 123 Å². The summed E-state index contributed by atoms with van der Waals surface area (Å²) in [7, 11) is -0.331. The van der Waals surface area contributed by atoms with E-state index in [2.05, 4.69) is 11.9 Å². The van der Waals surface area contributed by atoms with E-state index in [0.29, 0.717) is 11.5 Å². The van der Waals surface area contributed by atoms with Crippen LogP contribution in [0.15, 0.2) is 17.6 Å². The first-order valence-electron chi connectivity index (χ1n) is 5.97. The second-order valence-corrected chi connectivity index (χ2v) is 7.51. The average Bonchev–Trinajstić information content (AvgIpc) is 2.72. The lowest BCUT2D eigenvalue weighted by atomic mass is 10.3. The summed E-state index contributed by atoms with van der Waals surface area (Å²) in [6.45, 7) is 5.50. The number of carbonyl (C=O) groups excluding carboxylic acids is 1. The maximum Gasteiger partial charge on any atom is 0.265 e. The molecule has 20 heavy (non-hydrogen) atoms. The van der Waals surface area contributed by atoms with E-state index in [9.17, 15) is 13.2 Å². The number of amides is 1. The van der Waals surface area contributed by atoms with Crippen LogP contribution in [0.5, 0.6) is 0 Å². The lowest BCUT2D eigenvalue weighted by Gasteiger charge is -2.09. The second kappa shape index (κ2) is 6.27. The third kappa shape index (κ3) is 3.13. The van der Waals surface area contributed by atoms with Crippen molar-refractivity contribution >= 4 is 37.8 Å². The van der Waals surface area contributed by atoms with Gasteiger partial charge >= 0.3 is 0 Å². The summed E-state index contributed by atoms with van der Waals surface area (Å²) >= 11 is 1.05. The summed E-state index contributed by atoms with van der Waals surface area (Å²) < 4.78 is 24.3. The van der Waals surface area contributed by atoms with Crippen molar-refractivity contribution in [1.29, 1.82) is 0 Å². The maximum absolute atomic E-state index is 12.1. The first kappa shape index (κ1) is 16.5. The minimum Gasteiger partial charge on any atom is -0.396 e. The first-order chi connectivity index (χ1) is 9.26. The summed E-state index contributed by atoms with van der Waals surface area (Å²) in [6.07, 6.45) is 1.60. The van der Waals surface area contributed by atoms with E-state index in [0.717, 1.165) is 11.3 Å². The zero-order chi connectivity index (χ0) is 15.5. The Bertz CT molecular complexity index is 618. The number of anilines is 2. The van der Waals surface area contributed by atoms with Crippen LogP contribution < -0.4 is 11.1 Å². The van der Waals surface area contributed by atoms with Crippen LogP contribution in [0.3, 0.4) is 0 Å². The van der Waals surface area contributed by atoms with Gasteiger partial charge in [-0.15, -0.1) is 17.9 Å². The van der Waals surface area contributed by atoms with Crippen LogP contribution in [-0.2, 0) is 9.84 Å². The Morgan fingerprint density at radius 3 is 2.55 bits per heavy atom. The van der Waals surface area contributed by atoms with E-state index in [1.807, 2.05) is 0 Å². The number of nitrogen functional groups attached to an aromatic ring is 1. The van der Waals surface area contributed by atoms with Crippen LogP contribution >= 0.6 is 11.3 Å². The fourth-order valence-corrected chi connectivity index (χ4v) is 4.22. The van der Waals surface area contributed by atoms with Crippen molar-refractivity contribution in [2.45, 2.75) is 11.8 Å². The van der Waals surface area contributed by atoms with Gasteiger partial charge < -0.3 is 16.0 Å². The summed E-state index contributed by atoms with van der Waals surface area (Å²) in [4.78, 5) is 13.6. The number of carbonyl (C=O) groups is 1. The van der Waals surface area contributed by atoms with E-state index in [4.69, 9.17) is 5.73 Å². The molecule has 0 radical (unpaired) electrons. The highest BCUT2D eigenvalue weighted by atomic mass is 32.2. The summed E-state index contributed by atoms with van der Waals surface area (Å²) in [6, 6.07) is 0. The van der Waals surface area contributed by atoms with Crippen LogP contribution in [0.2, 0.25) is 0 Å². The zero-order valence-corrected chi connectivity index (χ0v) is 13.4. The second-order valence-electron chi connectivity index (χ2n) is 4.28. The molecular weight excluding hydrogens is 298 g/mol. The van der Waals surface area contributed by atoms with E-state index in [1.54, 1.807) is 20.2 Å². The quantitative estimate of drug-likeness (QED) is 0.774. The van der Waals surface area contributed by atoms with Crippen molar-refractivity contribution in [1.82, 2.24) is 4.90 Å². The van der Waals surface area contributed by atoms with Crippen molar-refractivity contribution < 1.29 is 13.2 Å². The number of nitrogens with zero attached hydrogens (tertiary/aromatic N) is 1. The van der Waals surface area contributed by atoms with Crippen LogP contribution in [0, 0.1) is 0 Å². The highest BCUT2D eigenvalue weighted by molar-refractivity contribution is 7.91. The molecule has 1 amide bonds. The lowest BCUT2D eigenvalue weighted by molar-refractivity contribution is 0.0833. The molecule has 0 fully saturated rings. The summed E-state index contributed by atoms with van der Waals surface area (Å²) in [5, 5.41) is 3.31. The summed E-state index contributed by atoms with van der Waals surface area (Å²) in [5.41, 5.74) is 5.91. The van der Waals surface area contributed by atoms with Gasteiger partial charge in [0.05, 0.1) is 11.4 Å². The molecule has 1 aromatic heterocycles. The number of sulfone groups is 1. The van der Waals surface area contributed by atoms with Gasteiger partial charge in [-0.25, -0.2) is 8.42 Å². The normalized spacial score (nSPS) is 11.2. The van der Waals surface area contributed by atoms with Crippen molar-refractivity contribution in [2.75, 3.05) is 37.4 Å². The molecule has 0 unspecified atom stereocenters. The third-order valence-electron chi connectivity index (χ3n) is 2.60. The number of rotatable bonds is 6. The number of hydrogen-bond donors (Lipinski definition) is 2. The van der Waals surface area contributed by atoms with E-state index in [1.165, 1.54) is 11.8 Å². The molecule has 0 saturated carbocycles. The van der Waals surface area contributed by atoms with Crippen LogP contribution in [0.25, 0.3) is 0 Å². The standard InChI is InChI=1S/C12H19N3O3S2/c1-5-7-14-11-10(20(17,18)6-2)8(13)9(19-11)12(16)15(3)4/h5,14H,1,6-7,13H2,2-4H3. The molecule has 1 rings (SSSR count). The first-order valence-corrected chi connectivity index (χ1v) is 8.44. The smallest absolute Gasteiger partial charge is 0.265 e. The van der Waals surface area contributed by atoms with E-state index >= 15 is 0 Å². The van der Waals surface area contributed by atoms with Gasteiger partial charge in [-0.1, -0.05) is 13.0 Å². The third-order valence-corrected chi connectivity index (χ3v) is 5.68. The molecule has 0 aliphatic heterocycles. The molecule has 0 aromatic carbocycles. The van der Waals surface area contributed by atoms with Gasteiger partial charge in [0.25, 0.3) is 5.91 Å². The molecule has 0 aliphatic rings. The monoisotopic (exact) mass is 317 g/mol. The highest BCUT2D eigenvalue weighted by Crippen LogP contribution is 2.40. The zero-order valence-electron chi connectivity index (χ0n) is 11.8. The minimum absolute atomic E-state index is 0.0112. The Kier molecular flexibility index (Phi) is 5.18. The predicted octanol–water partition coefficient (Wildman–Crippen LogP) is 1.42. The van der Waals surface area contributed by atoms with E-state index < -0.39 is 9.84 Å². The Hall–Kier alpha value is -1.54. The van der Waals surface area contributed by atoms with Gasteiger partial charge in [-0.05, 0) is 0 Å². The van der Waals surface area contributed by atoms with E-state index in [-0.39, 0.29) is 27.1 Å². The van der Waals surface area contributed by atoms with Crippen molar-refractivity contribution in [3.63, 3.8) is 0 Å². The number of thiophene rings is 1. The van der Waals surface area contributed by atoms with Gasteiger partial charge in [0.15, 0.2) is 9.84 Å². The Morgan fingerprint density at radius 1 is 1.50 bits per heavy atom. The molecule has 1 heterocycles. The molecule has 6 nitrogen and oxygen atoms in total. The fourth-order valence-electron chi connectivity index (χ4n) is 1.53. The number of hydrogen-bond acceptors (Lipinski definition) is 6. The summed E-state index contributed by atoms with van der Waals surface area (Å²) in [5.74, 6) is -0.390.